The predicted octanol–water partition coefficient (Wildman–Crippen LogP) is -1.22. The number of quaternary nitrogens is 2. The number of hydrogen-bond donors (Lipinski definition) is 3. The van der Waals surface area contributed by atoms with Crippen molar-refractivity contribution in [3.05, 3.63) is 42.5 Å². The number of carboxylic acid groups (broad SMARTS) is 1. The fourth-order valence-electron chi connectivity index (χ4n) is 3.03. The first-order chi connectivity index (χ1) is 12.5. The van der Waals surface area contributed by atoms with Crippen LogP contribution in [0.4, 0.5) is 5.69 Å². The molecule has 6 heteroatoms. The molecule has 0 aliphatic carbocycles. The van der Waals surface area contributed by atoms with E-state index in [0.717, 1.165) is 30.4 Å². The molecular weight excluding hydrogens is 330 g/mol. The first-order valence-electron chi connectivity index (χ1n) is 9.19. The molecule has 140 valence electrons. The number of rotatable bonds is 10. The van der Waals surface area contributed by atoms with Gasteiger partial charge in [-0.1, -0.05) is 30.3 Å². The summed E-state index contributed by atoms with van der Waals surface area (Å²) >= 11 is 0. The number of anilines is 1. The molecule has 26 heavy (non-hydrogen) atoms. The largest absolute Gasteiger partial charge is 0.544 e. The zero-order valence-corrected chi connectivity index (χ0v) is 15.5. The first-order valence-corrected chi connectivity index (χ1v) is 9.19. The molecular formula is C20H28N3O3+. The lowest BCUT2D eigenvalue weighted by Gasteiger charge is -2.19. The quantitative estimate of drug-likeness (QED) is 0.497. The number of nitrogens with one attached hydrogen (secondary N) is 2. The van der Waals surface area contributed by atoms with Crippen molar-refractivity contribution < 1.29 is 24.9 Å². The topological polar surface area (TPSA) is 90.3 Å². The van der Waals surface area contributed by atoms with Gasteiger partial charge in [-0.2, -0.15) is 0 Å². The highest BCUT2D eigenvalue weighted by Gasteiger charge is 2.19. The fourth-order valence-corrected chi connectivity index (χ4v) is 3.03. The second-order valence-corrected chi connectivity index (χ2v) is 6.47. The van der Waals surface area contributed by atoms with Gasteiger partial charge in [0.2, 0.25) is 5.91 Å². The van der Waals surface area contributed by atoms with Gasteiger partial charge in [0, 0.05) is 5.69 Å². The summed E-state index contributed by atoms with van der Waals surface area (Å²) in [5.74, 6) is -1.52. The number of carbonyl (C=O) groups is 2. The summed E-state index contributed by atoms with van der Waals surface area (Å²) in [5.41, 5.74) is 0.665. The number of likely N-dealkylation sites (N-methyl/N-ethyl adjacent to an activating group) is 1. The van der Waals surface area contributed by atoms with Gasteiger partial charge in [0.05, 0.1) is 25.5 Å². The van der Waals surface area contributed by atoms with E-state index in [1.54, 1.807) is 5.32 Å². The van der Waals surface area contributed by atoms with Crippen LogP contribution in [0.5, 0.6) is 0 Å². The molecule has 1 amide bonds. The van der Waals surface area contributed by atoms with Gasteiger partial charge < -0.3 is 25.4 Å². The van der Waals surface area contributed by atoms with Crippen LogP contribution >= 0.6 is 0 Å². The monoisotopic (exact) mass is 358 g/mol. The number of benzene rings is 2. The molecule has 2 aromatic rings. The Bertz CT molecular complexity index is 744. The van der Waals surface area contributed by atoms with E-state index in [9.17, 15) is 14.7 Å². The molecule has 0 aliphatic rings. The lowest BCUT2D eigenvalue weighted by molar-refractivity contribution is -0.910. The van der Waals surface area contributed by atoms with Crippen molar-refractivity contribution in [2.24, 2.45) is 0 Å². The number of hydrogen-bond acceptors (Lipinski definition) is 3. The SMILES string of the molecule is CC[NH+](CC)CC[NH2+][C@@H](CC(=O)Nc1ccc2ccccc2c1)C(=O)[O-]. The maximum atomic E-state index is 12.2. The summed E-state index contributed by atoms with van der Waals surface area (Å²) in [4.78, 5) is 25.0. The number of carbonyl (C=O) groups excluding carboxylic acids is 2. The highest BCUT2D eigenvalue weighted by molar-refractivity contribution is 5.96. The lowest BCUT2D eigenvalue weighted by atomic mass is 10.1. The van der Waals surface area contributed by atoms with Crippen LogP contribution in [0.2, 0.25) is 0 Å². The van der Waals surface area contributed by atoms with Gasteiger partial charge in [-0.05, 0) is 36.8 Å². The van der Waals surface area contributed by atoms with Gasteiger partial charge in [-0.15, -0.1) is 0 Å². The van der Waals surface area contributed by atoms with Crippen molar-refractivity contribution in [3.63, 3.8) is 0 Å². The van der Waals surface area contributed by atoms with Crippen molar-refractivity contribution in [3.8, 4) is 0 Å². The number of fused-ring (bicyclic) bond motifs is 1. The van der Waals surface area contributed by atoms with Crippen LogP contribution in [-0.4, -0.2) is 44.1 Å². The van der Waals surface area contributed by atoms with Gasteiger partial charge in [-0.25, -0.2) is 0 Å². The van der Waals surface area contributed by atoms with E-state index in [0.29, 0.717) is 12.2 Å². The van der Waals surface area contributed by atoms with Crippen molar-refractivity contribution >= 4 is 28.3 Å². The van der Waals surface area contributed by atoms with Gasteiger partial charge in [0.1, 0.15) is 19.1 Å². The Morgan fingerprint density at radius 3 is 2.46 bits per heavy atom. The molecule has 0 radical (unpaired) electrons. The average Bonchev–Trinajstić information content (AvgIpc) is 2.64. The highest BCUT2D eigenvalue weighted by Crippen LogP contribution is 2.18. The summed E-state index contributed by atoms with van der Waals surface area (Å²) in [7, 11) is 0. The Kier molecular flexibility index (Phi) is 7.56. The minimum absolute atomic E-state index is 0.108. The molecule has 0 aliphatic heterocycles. The molecule has 2 rings (SSSR count). The zero-order chi connectivity index (χ0) is 18.9. The third kappa shape index (κ3) is 5.82. The standard InChI is InChI=1S/C20H27N3O3/c1-3-23(4-2)12-11-21-18(20(25)26)14-19(24)22-17-10-9-15-7-5-6-8-16(15)13-17/h5-10,13,18,21H,3-4,11-12,14H2,1-2H3,(H,22,24)(H,25,26)/p+1/t18-/m0/s1. The molecule has 0 bridgehead atoms. The molecule has 0 saturated carbocycles. The van der Waals surface area contributed by atoms with Crippen LogP contribution in [-0.2, 0) is 9.59 Å². The number of amides is 1. The van der Waals surface area contributed by atoms with Crippen molar-refractivity contribution in [2.75, 3.05) is 31.5 Å². The smallest absolute Gasteiger partial charge is 0.230 e. The minimum atomic E-state index is -1.20. The van der Waals surface area contributed by atoms with E-state index in [4.69, 9.17) is 0 Å². The molecule has 1 atom stereocenters. The molecule has 0 spiro atoms. The Balaban J connectivity index is 1.90. The minimum Gasteiger partial charge on any atom is -0.544 e. The fraction of sp³-hybridized carbons (Fsp3) is 0.400. The van der Waals surface area contributed by atoms with Crippen LogP contribution < -0.4 is 20.6 Å². The molecule has 4 N–H and O–H groups in total. The third-order valence-electron chi connectivity index (χ3n) is 4.69. The van der Waals surface area contributed by atoms with E-state index < -0.39 is 12.0 Å². The third-order valence-corrected chi connectivity index (χ3v) is 4.69. The maximum Gasteiger partial charge on any atom is 0.230 e. The Morgan fingerprint density at radius 2 is 1.81 bits per heavy atom. The second-order valence-electron chi connectivity index (χ2n) is 6.47. The Labute approximate surface area is 154 Å². The summed E-state index contributed by atoms with van der Waals surface area (Å²) in [6.45, 7) is 7.73. The molecule has 6 nitrogen and oxygen atoms in total. The van der Waals surface area contributed by atoms with Crippen LogP contribution in [0.3, 0.4) is 0 Å². The second kappa shape index (κ2) is 9.89. The number of aliphatic carboxylic acids is 1. The number of carboxylic acids is 1. The lowest BCUT2D eigenvalue weighted by Crippen LogP contribution is -3.14. The van der Waals surface area contributed by atoms with Crippen LogP contribution in [0, 0.1) is 0 Å². The molecule has 0 saturated heterocycles. The molecule has 0 fully saturated rings. The van der Waals surface area contributed by atoms with Crippen molar-refractivity contribution in [1.29, 1.82) is 0 Å². The summed E-state index contributed by atoms with van der Waals surface area (Å²) in [5, 5.41) is 17.9. The predicted molar refractivity (Wildman–Crippen MR) is 99.7 cm³/mol. The number of nitrogens with two attached hydrogens (primary N) is 1. The van der Waals surface area contributed by atoms with Gasteiger partial charge in [0.25, 0.3) is 0 Å². The zero-order valence-electron chi connectivity index (χ0n) is 15.5. The molecule has 0 heterocycles. The summed E-state index contributed by atoms with van der Waals surface area (Å²) < 4.78 is 0. The van der Waals surface area contributed by atoms with E-state index in [1.807, 2.05) is 42.5 Å². The average molecular weight is 358 g/mol. The normalized spacial score (nSPS) is 12.3. The van der Waals surface area contributed by atoms with Gasteiger partial charge in [0.15, 0.2) is 0 Å². The Morgan fingerprint density at radius 1 is 1.12 bits per heavy atom. The molecule has 0 aromatic heterocycles. The highest BCUT2D eigenvalue weighted by atomic mass is 16.4. The van der Waals surface area contributed by atoms with Gasteiger partial charge >= 0.3 is 0 Å². The molecule has 2 aromatic carbocycles. The van der Waals surface area contributed by atoms with Crippen LogP contribution in [0.1, 0.15) is 20.3 Å². The van der Waals surface area contributed by atoms with E-state index in [-0.39, 0.29) is 12.3 Å². The van der Waals surface area contributed by atoms with E-state index in [2.05, 4.69) is 19.2 Å². The summed E-state index contributed by atoms with van der Waals surface area (Å²) in [6.07, 6.45) is -0.108. The van der Waals surface area contributed by atoms with Crippen molar-refractivity contribution in [1.82, 2.24) is 0 Å². The summed E-state index contributed by atoms with van der Waals surface area (Å²) in [6, 6.07) is 12.6. The molecule has 0 unspecified atom stereocenters. The Hall–Kier alpha value is -2.44. The first kappa shape index (κ1) is 19.9. The maximum absolute atomic E-state index is 12.2. The van der Waals surface area contributed by atoms with E-state index >= 15 is 0 Å². The van der Waals surface area contributed by atoms with Crippen LogP contribution in [0.25, 0.3) is 10.8 Å². The van der Waals surface area contributed by atoms with Gasteiger partial charge in [-0.3, -0.25) is 4.79 Å². The van der Waals surface area contributed by atoms with Crippen molar-refractivity contribution in [2.45, 2.75) is 26.3 Å². The van der Waals surface area contributed by atoms with Crippen LogP contribution in [0.15, 0.2) is 42.5 Å². The van der Waals surface area contributed by atoms with E-state index in [1.165, 1.54) is 4.90 Å².